The van der Waals surface area contributed by atoms with Crippen molar-refractivity contribution in [2.45, 2.75) is 19.2 Å². The van der Waals surface area contributed by atoms with Crippen LogP contribution in [-0.2, 0) is 13.1 Å². The number of hydrogen-bond donors (Lipinski definition) is 1. The maximum Gasteiger partial charge on any atom is 0.180 e. The predicted molar refractivity (Wildman–Crippen MR) is 59.3 cm³/mol. The van der Waals surface area contributed by atoms with Gasteiger partial charge in [-0.3, -0.25) is 0 Å². The second kappa shape index (κ2) is 12.0. The van der Waals surface area contributed by atoms with Crippen molar-refractivity contribution in [3.05, 3.63) is 61.2 Å². The molecular formula is C13H16Cl2N2O9. The molecule has 26 heavy (non-hydrogen) atoms. The van der Waals surface area contributed by atoms with Gasteiger partial charge in [0.05, 0.1) is 0 Å². The van der Waals surface area contributed by atoms with Crippen LogP contribution in [0, 0.1) is 20.5 Å². The van der Waals surface area contributed by atoms with Crippen LogP contribution in [0.15, 0.2) is 61.2 Å². The van der Waals surface area contributed by atoms with Crippen LogP contribution in [0.25, 0.3) is 0 Å². The highest BCUT2D eigenvalue weighted by Gasteiger charge is 2.14. The van der Waals surface area contributed by atoms with E-state index in [2.05, 4.69) is 0 Å². The highest BCUT2D eigenvalue weighted by atomic mass is 35.7. The van der Waals surface area contributed by atoms with Crippen LogP contribution >= 0.6 is 0 Å². The summed E-state index contributed by atoms with van der Waals surface area (Å²) in [6.07, 6.45) is 7.45. The summed E-state index contributed by atoms with van der Waals surface area (Å²) in [6.45, 7) is 1.23. The molecule has 13 heteroatoms. The van der Waals surface area contributed by atoms with E-state index >= 15 is 0 Å². The minimum absolute atomic E-state index is 0.375. The van der Waals surface area contributed by atoms with Gasteiger partial charge >= 0.3 is 0 Å². The van der Waals surface area contributed by atoms with Crippen LogP contribution in [0.2, 0.25) is 0 Å². The standard InChI is InChI=1S/C13H16N2O.2ClHO4/c16-13(11-14-7-3-1-4-8-14)12-15-9-5-2-6-10-15;2*2-1(3,4)5/h1-10,13,16H,11-12H2;2*(H,2,3,4,5)/q+2;;/p-2. The second-order valence-electron chi connectivity index (χ2n) is 4.55. The maximum absolute atomic E-state index is 9.91. The molecule has 0 spiro atoms. The van der Waals surface area contributed by atoms with Crippen LogP contribution in [0.5, 0.6) is 0 Å². The molecule has 0 bridgehead atoms. The van der Waals surface area contributed by atoms with Gasteiger partial charge in [0.1, 0.15) is 0 Å². The van der Waals surface area contributed by atoms with Gasteiger partial charge in [-0.2, -0.15) is 0 Å². The summed E-state index contributed by atoms with van der Waals surface area (Å²) < 4.78 is 71.9. The first kappa shape index (κ1) is 24.5. The van der Waals surface area contributed by atoms with E-state index in [1.54, 1.807) is 0 Å². The van der Waals surface area contributed by atoms with Crippen LogP contribution in [0.1, 0.15) is 0 Å². The SMILES string of the molecule is OC(C[n+]1ccccc1)C[n+]1ccccc1.[O-][Cl+3]([O-])([O-])[O-].[O-][Cl+3]([O-])([O-])[O-]. The summed E-state index contributed by atoms with van der Waals surface area (Å²) >= 11 is 0. The van der Waals surface area contributed by atoms with E-state index in [0.29, 0.717) is 13.1 Å². The van der Waals surface area contributed by atoms with Crippen molar-refractivity contribution in [1.29, 1.82) is 0 Å². The van der Waals surface area contributed by atoms with Gasteiger partial charge in [0.2, 0.25) is 0 Å². The van der Waals surface area contributed by atoms with E-state index in [9.17, 15) is 5.11 Å². The number of aliphatic hydroxyl groups is 1. The Morgan fingerprint density at radius 1 is 0.577 bits per heavy atom. The minimum atomic E-state index is -4.94. The Morgan fingerprint density at radius 3 is 1.04 bits per heavy atom. The maximum atomic E-state index is 9.91. The van der Waals surface area contributed by atoms with E-state index in [-0.39, 0.29) is 6.10 Å². The average molecular weight is 415 g/mol. The third kappa shape index (κ3) is 20.6. The van der Waals surface area contributed by atoms with Crippen molar-refractivity contribution < 1.29 is 72.0 Å². The smallest absolute Gasteiger partial charge is 0.180 e. The van der Waals surface area contributed by atoms with Crippen LogP contribution in [0.3, 0.4) is 0 Å². The number of rotatable bonds is 4. The summed E-state index contributed by atoms with van der Waals surface area (Å²) in [6, 6.07) is 11.8. The molecule has 0 aliphatic rings. The summed E-state index contributed by atoms with van der Waals surface area (Å²) in [5, 5.41) is 9.91. The van der Waals surface area contributed by atoms with Gasteiger partial charge in [-0.1, -0.05) is 12.1 Å². The molecule has 2 aromatic heterocycles. The first-order valence-electron chi connectivity index (χ1n) is 6.64. The van der Waals surface area contributed by atoms with E-state index in [1.807, 2.05) is 70.3 Å². The fourth-order valence-corrected chi connectivity index (χ4v) is 1.66. The van der Waals surface area contributed by atoms with Gasteiger partial charge in [-0.15, -0.1) is 20.5 Å². The van der Waals surface area contributed by atoms with Crippen LogP contribution in [0.4, 0.5) is 0 Å². The number of pyridine rings is 2. The summed E-state index contributed by atoms with van der Waals surface area (Å²) in [5.74, 6) is 0. The molecule has 0 saturated heterocycles. The van der Waals surface area contributed by atoms with E-state index in [4.69, 9.17) is 37.3 Å². The number of aromatic nitrogens is 2. The topological polar surface area (TPSA) is 212 Å². The summed E-state index contributed by atoms with van der Waals surface area (Å²) in [5.41, 5.74) is 0. The summed E-state index contributed by atoms with van der Waals surface area (Å²) in [7, 11) is -9.89. The zero-order valence-corrected chi connectivity index (χ0v) is 14.6. The van der Waals surface area contributed by atoms with Gasteiger partial charge < -0.3 is 5.11 Å². The Labute approximate surface area is 153 Å². The van der Waals surface area contributed by atoms with Crippen molar-refractivity contribution in [1.82, 2.24) is 0 Å². The number of nitrogens with zero attached hydrogens (tertiary/aromatic N) is 2. The Balaban J connectivity index is 0.000000520. The third-order valence-corrected chi connectivity index (χ3v) is 2.40. The molecule has 2 rings (SSSR count). The fraction of sp³-hybridized carbons (Fsp3) is 0.231. The van der Waals surface area contributed by atoms with Gasteiger partial charge in [0.25, 0.3) is 0 Å². The molecule has 2 heterocycles. The minimum Gasteiger partial charge on any atom is -0.381 e. The van der Waals surface area contributed by atoms with E-state index < -0.39 is 20.5 Å². The Morgan fingerprint density at radius 2 is 0.808 bits per heavy atom. The quantitative estimate of drug-likeness (QED) is 0.469. The fourth-order valence-electron chi connectivity index (χ4n) is 1.66. The largest absolute Gasteiger partial charge is 0.381 e. The molecule has 0 radical (unpaired) electrons. The molecule has 0 amide bonds. The molecular weight excluding hydrogens is 399 g/mol. The number of hydrogen-bond acceptors (Lipinski definition) is 9. The molecule has 0 aliphatic carbocycles. The molecule has 0 saturated carbocycles. The predicted octanol–water partition coefficient (Wildman–Crippen LogP) is -9.19. The first-order valence-corrected chi connectivity index (χ1v) is 9.11. The number of aliphatic hydroxyl groups excluding tert-OH is 1. The molecule has 0 aromatic carbocycles. The van der Waals surface area contributed by atoms with Gasteiger partial charge in [0, 0.05) is 24.3 Å². The van der Waals surface area contributed by atoms with Gasteiger partial charge in [0.15, 0.2) is 44.0 Å². The lowest BCUT2D eigenvalue weighted by molar-refractivity contribution is -2.00. The van der Waals surface area contributed by atoms with Crippen molar-refractivity contribution in [3.8, 4) is 0 Å². The van der Waals surface area contributed by atoms with E-state index in [1.165, 1.54) is 0 Å². The van der Waals surface area contributed by atoms with E-state index in [0.717, 1.165) is 0 Å². The van der Waals surface area contributed by atoms with Crippen molar-refractivity contribution >= 4 is 0 Å². The zero-order chi connectivity index (χ0) is 20.2. The molecule has 2 aromatic rings. The number of halogens is 2. The second-order valence-corrected chi connectivity index (χ2v) is 6.07. The van der Waals surface area contributed by atoms with Crippen molar-refractivity contribution in [2.24, 2.45) is 0 Å². The Bertz CT molecular complexity index is 529. The molecule has 0 fully saturated rings. The Kier molecular flexibility index (Phi) is 11.3. The Hall–Kier alpha value is -1.48. The molecule has 11 nitrogen and oxygen atoms in total. The molecule has 0 aliphatic heterocycles. The normalized spacial score (nSPS) is 11.2. The highest BCUT2D eigenvalue weighted by molar-refractivity contribution is 4.84. The van der Waals surface area contributed by atoms with Crippen molar-refractivity contribution in [3.63, 3.8) is 0 Å². The third-order valence-electron chi connectivity index (χ3n) is 2.40. The van der Waals surface area contributed by atoms with Gasteiger partial charge in [-0.05, 0) is 0 Å². The van der Waals surface area contributed by atoms with Crippen LogP contribution in [-0.4, -0.2) is 11.2 Å². The van der Waals surface area contributed by atoms with Crippen molar-refractivity contribution in [2.75, 3.05) is 0 Å². The highest BCUT2D eigenvalue weighted by Crippen LogP contribution is 1.86. The van der Waals surface area contributed by atoms with Gasteiger partial charge in [-0.25, -0.2) is 46.4 Å². The average Bonchev–Trinajstić information content (AvgIpc) is 2.45. The lowest BCUT2D eigenvalue weighted by Gasteiger charge is -2.17. The molecule has 0 unspecified atom stereocenters. The lowest BCUT2D eigenvalue weighted by Crippen LogP contribution is -2.68. The first-order chi connectivity index (χ1) is 11.8. The zero-order valence-electron chi connectivity index (χ0n) is 13.1. The molecule has 146 valence electrons. The van der Waals surface area contributed by atoms with Crippen LogP contribution < -0.4 is 46.4 Å². The molecule has 0 atom stereocenters. The summed E-state index contributed by atoms with van der Waals surface area (Å²) in [4.78, 5) is 0. The molecule has 1 N–H and O–H groups in total. The monoisotopic (exact) mass is 414 g/mol. The lowest BCUT2D eigenvalue weighted by atomic mass is 10.3.